The van der Waals surface area contributed by atoms with Gasteiger partial charge in [-0.2, -0.15) is 0 Å². The number of aromatic nitrogens is 1. The van der Waals surface area contributed by atoms with Gasteiger partial charge < -0.3 is 24.1 Å². The zero-order valence-electron chi connectivity index (χ0n) is 27.4. The van der Waals surface area contributed by atoms with Crippen molar-refractivity contribution in [2.45, 2.75) is 65.3 Å². The molecule has 1 unspecified atom stereocenters. The van der Waals surface area contributed by atoms with Crippen LogP contribution in [0.1, 0.15) is 84.9 Å². The number of carbonyl (C=O) groups is 3. The molecule has 1 fully saturated rings. The molecule has 1 amide bonds. The van der Waals surface area contributed by atoms with Crippen LogP contribution >= 0.6 is 11.3 Å². The number of unbranched alkanes of at least 4 members (excludes halogenated alkanes) is 4. The van der Waals surface area contributed by atoms with Crippen LogP contribution in [0.15, 0.2) is 60.7 Å². The normalized spacial score (nSPS) is 15.5. The molecule has 1 N–H and O–H groups in total. The van der Waals surface area contributed by atoms with Gasteiger partial charge in [-0.1, -0.05) is 69.6 Å². The molecule has 1 aliphatic rings. The van der Waals surface area contributed by atoms with Gasteiger partial charge in [0.2, 0.25) is 0 Å². The number of aliphatic hydroxyl groups excluding tert-OH is 1. The van der Waals surface area contributed by atoms with E-state index >= 15 is 0 Å². The minimum Gasteiger partial charge on any atom is -0.507 e. The summed E-state index contributed by atoms with van der Waals surface area (Å²) in [4.78, 5) is 46.1. The van der Waals surface area contributed by atoms with Gasteiger partial charge in [-0.05, 0) is 61.7 Å². The molecule has 2 heterocycles. The fourth-order valence-electron chi connectivity index (χ4n) is 5.10. The predicted molar refractivity (Wildman–Crippen MR) is 182 cm³/mol. The number of hydrogen-bond donors (Lipinski definition) is 1. The molecule has 2 aromatic carbocycles. The highest BCUT2D eigenvalue weighted by molar-refractivity contribution is 7.17. The molecular weight excluding hydrogens is 620 g/mol. The van der Waals surface area contributed by atoms with Gasteiger partial charge in [0.05, 0.1) is 37.6 Å². The van der Waals surface area contributed by atoms with E-state index in [1.165, 1.54) is 18.1 Å². The highest BCUT2D eigenvalue weighted by Crippen LogP contribution is 2.45. The van der Waals surface area contributed by atoms with Crippen molar-refractivity contribution in [1.29, 1.82) is 0 Å². The van der Waals surface area contributed by atoms with E-state index in [0.717, 1.165) is 49.9 Å². The Morgan fingerprint density at radius 3 is 2.40 bits per heavy atom. The summed E-state index contributed by atoms with van der Waals surface area (Å²) in [5.41, 5.74) is 1.01. The quantitative estimate of drug-likeness (QED) is 0.0389. The Kier molecular flexibility index (Phi) is 12.6. The minimum absolute atomic E-state index is 0.00523. The number of nitrogens with zero attached hydrogens (tertiary/aromatic N) is 2. The maximum atomic E-state index is 13.7. The van der Waals surface area contributed by atoms with Crippen LogP contribution in [0.5, 0.6) is 17.2 Å². The number of amides is 1. The number of esters is 1. The van der Waals surface area contributed by atoms with E-state index in [-0.39, 0.29) is 27.9 Å². The molecule has 47 heavy (non-hydrogen) atoms. The SMILES string of the molecule is C=CCOC(=O)c1sc(N2C(=O)C(=O)C(=C(O)c3ccc(OCCCC)cc3)C2c2ccc(OCCCCCC)c(OC)c2)nc1C. The minimum atomic E-state index is -1.09. The van der Waals surface area contributed by atoms with Crippen LogP contribution in [0.4, 0.5) is 5.13 Å². The molecule has 1 aliphatic heterocycles. The van der Waals surface area contributed by atoms with Gasteiger partial charge in [0.25, 0.3) is 5.78 Å². The van der Waals surface area contributed by atoms with Crippen molar-refractivity contribution < 1.29 is 38.4 Å². The molecule has 0 radical (unpaired) electrons. The number of Topliss-reactive ketones (excluding diaryl/α,β-unsaturated/α-hetero) is 1. The van der Waals surface area contributed by atoms with Crippen molar-refractivity contribution in [2.75, 3.05) is 31.8 Å². The Morgan fingerprint density at radius 1 is 1.00 bits per heavy atom. The molecular formula is C36H42N2O8S. The zero-order valence-corrected chi connectivity index (χ0v) is 28.2. The van der Waals surface area contributed by atoms with Gasteiger partial charge >= 0.3 is 11.9 Å². The van der Waals surface area contributed by atoms with Gasteiger partial charge in [-0.15, -0.1) is 0 Å². The number of methoxy groups -OCH3 is 1. The summed E-state index contributed by atoms with van der Waals surface area (Å²) in [6, 6.07) is 10.7. The third-order valence-electron chi connectivity index (χ3n) is 7.61. The Balaban J connectivity index is 1.79. The molecule has 0 saturated carbocycles. The van der Waals surface area contributed by atoms with Crippen LogP contribution in [0, 0.1) is 6.92 Å². The standard InChI is InChI=1S/C36H42N2O8S/c1-6-9-11-12-21-45-27-18-15-25(22-28(27)43-5)30-29(31(39)24-13-16-26(17-14-24)44-20-10-7-2)32(40)34(41)38(30)36-37-23(4)33(47-36)35(42)46-19-8-3/h8,13-18,22,30,39H,3,6-7,9-12,19-21H2,1-2,4-5H3. The fraction of sp³-hybridized carbons (Fsp3) is 0.389. The summed E-state index contributed by atoms with van der Waals surface area (Å²) in [5, 5.41) is 11.7. The van der Waals surface area contributed by atoms with Crippen molar-refractivity contribution in [2.24, 2.45) is 0 Å². The van der Waals surface area contributed by atoms with E-state index in [1.807, 2.05) is 0 Å². The van der Waals surface area contributed by atoms with Gasteiger partial charge in [-0.25, -0.2) is 9.78 Å². The smallest absolute Gasteiger partial charge is 0.350 e. The average molecular weight is 663 g/mol. The predicted octanol–water partition coefficient (Wildman–Crippen LogP) is 7.57. The molecule has 1 atom stereocenters. The highest BCUT2D eigenvalue weighted by atomic mass is 32.1. The molecule has 11 heteroatoms. The summed E-state index contributed by atoms with van der Waals surface area (Å²) >= 11 is 0.927. The van der Waals surface area contributed by atoms with E-state index in [2.05, 4.69) is 25.4 Å². The topological polar surface area (TPSA) is 124 Å². The van der Waals surface area contributed by atoms with E-state index in [1.54, 1.807) is 49.4 Å². The number of thiazole rings is 1. The summed E-state index contributed by atoms with van der Waals surface area (Å²) < 4.78 is 22.6. The first-order valence-electron chi connectivity index (χ1n) is 15.9. The second-order valence-electron chi connectivity index (χ2n) is 11.0. The second kappa shape index (κ2) is 16.8. The van der Waals surface area contributed by atoms with Crippen LogP contribution in [-0.2, 0) is 14.3 Å². The number of ether oxygens (including phenoxy) is 4. The number of ketones is 1. The molecule has 10 nitrogen and oxygen atoms in total. The van der Waals surface area contributed by atoms with Crippen LogP contribution in [0.3, 0.4) is 0 Å². The lowest BCUT2D eigenvalue weighted by molar-refractivity contribution is -0.132. The Hall–Kier alpha value is -4.64. The third-order valence-corrected chi connectivity index (χ3v) is 8.74. The summed E-state index contributed by atoms with van der Waals surface area (Å²) in [5.74, 6) is -1.23. The van der Waals surface area contributed by atoms with Crippen LogP contribution < -0.4 is 19.1 Å². The highest BCUT2D eigenvalue weighted by Gasteiger charge is 2.48. The van der Waals surface area contributed by atoms with E-state index in [4.69, 9.17) is 18.9 Å². The van der Waals surface area contributed by atoms with Crippen molar-refractivity contribution >= 4 is 39.9 Å². The summed E-state index contributed by atoms with van der Waals surface area (Å²) in [7, 11) is 1.51. The molecule has 3 aromatic rings. The van der Waals surface area contributed by atoms with Crippen LogP contribution in [-0.4, -0.2) is 54.7 Å². The Bertz CT molecular complexity index is 1610. The van der Waals surface area contributed by atoms with E-state index in [9.17, 15) is 19.5 Å². The third kappa shape index (κ3) is 8.21. The number of hydrogen-bond acceptors (Lipinski definition) is 10. The number of aliphatic hydroxyl groups is 1. The molecule has 0 spiro atoms. The average Bonchev–Trinajstić information content (AvgIpc) is 3.59. The van der Waals surface area contributed by atoms with Crippen LogP contribution in [0.25, 0.3) is 5.76 Å². The first-order chi connectivity index (χ1) is 22.7. The van der Waals surface area contributed by atoms with E-state index < -0.39 is 23.7 Å². The monoisotopic (exact) mass is 662 g/mol. The maximum Gasteiger partial charge on any atom is 0.350 e. The first kappa shape index (κ1) is 35.2. The largest absolute Gasteiger partial charge is 0.507 e. The first-order valence-corrected chi connectivity index (χ1v) is 16.7. The molecule has 250 valence electrons. The molecule has 4 rings (SSSR count). The number of aryl methyl sites for hydroxylation is 1. The molecule has 0 aliphatic carbocycles. The molecule has 1 aromatic heterocycles. The van der Waals surface area contributed by atoms with Gasteiger partial charge in [-0.3, -0.25) is 14.5 Å². The lowest BCUT2D eigenvalue weighted by atomic mass is 9.95. The zero-order chi connectivity index (χ0) is 33.9. The molecule has 0 bridgehead atoms. The van der Waals surface area contributed by atoms with Gasteiger partial charge in [0.1, 0.15) is 23.0 Å². The Labute approximate surface area is 279 Å². The van der Waals surface area contributed by atoms with Crippen LogP contribution in [0.2, 0.25) is 0 Å². The number of benzene rings is 2. The second-order valence-corrected chi connectivity index (χ2v) is 12.0. The van der Waals surface area contributed by atoms with E-state index in [0.29, 0.717) is 47.3 Å². The lowest BCUT2D eigenvalue weighted by Gasteiger charge is -2.24. The van der Waals surface area contributed by atoms with Crippen molar-refractivity contribution in [1.82, 2.24) is 4.98 Å². The van der Waals surface area contributed by atoms with Gasteiger partial charge in [0.15, 0.2) is 16.6 Å². The summed E-state index contributed by atoms with van der Waals surface area (Å²) in [6.45, 7) is 10.5. The van der Waals surface area contributed by atoms with Gasteiger partial charge in [0, 0.05) is 5.56 Å². The number of carbonyl (C=O) groups excluding carboxylic acids is 3. The maximum absolute atomic E-state index is 13.7. The number of rotatable bonds is 17. The van der Waals surface area contributed by atoms with Crippen molar-refractivity contribution in [3.8, 4) is 17.2 Å². The number of anilines is 1. The molecule has 1 saturated heterocycles. The van der Waals surface area contributed by atoms with Crippen molar-refractivity contribution in [3.05, 3.63) is 82.4 Å². The van der Waals surface area contributed by atoms with Crippen molar-refractivity contribution in [3.63, 3.8) is 0 Å². The lowest BCUT2D eigenvalue weighted by Crippen LogP contribution is -2.29. The Morgan fingerprint density at radius 2 is 1.72 bits per heavy atom. The fourth-order valence-corrected chi connectivity index (χ4v) is 6.09. The summed E-state index contributed by atoms with van der Waals surface area (Å²) in [6.07, 6.45) is 7.52.